The Hall–Kier alpha value is -1.14. The maximum Gasteiger partial charge on any atom is 0.311 e. The molecule has 1 aromatic heterocycles. The first kappa shape index (κ1) is 12.9. The molecular formula is C10H16N2O3S. The van der Waals surface area contributed by atoms with E-state index in [-0.39, 0.29) is 12.4 Å². The summed E-state index contributed by atoms with van der Waals surface area (Å²) in [5, 5.41) is 5.85. The lowest BCUT2D eigenvalue weighted by atomic mass is 10.3. The third kappa shape index (κ3) is 4.59. The Morgan fingerprint density at radius 2 is 2.38 bits per heavy atom. The topological polar surface area (TPSA) is 60.5 Å². The number of aromatic nitrogens is 1. The highest BCUT2D eigenvalue weighted by atomic mass is 32.1. The van der Waals surface area contributed by atoms with E-state index in [1.165, 1.54) is 18.4 Å². The van der Waals surface area contributed by atoms with Crippen molar-refractivity contribution < 1.29 is 14.3 Å². The van der Waals surface area contributed by atoms with Crippen LogP contribution in [0.3, 0.4) is 0 Å². The van der Waals surface area contributed by atoms with E-state index < -0.39 is 0 Å². The second kappa shape index (κ2) is 7.19. The van der Waals surface area contributed by atoms with Gasteiger partial charge in [0.2, 0.25) is 0 Å². The number of carbonyl (C=O) groups is 1. The largest absolute Gasteiger partial charge is 0.469 e. The van der Waals surface area contributed by atoms with Gasteiger partial charge in [0.1, 0.15) is 0 Å². The minimum absolute atomic E-state index is 0.229. The number of nitrogens with one attached hydrogen (secondary N) is 1. The van der Waals surface area contributed by atoms with E-state index in [4.69, 9.17) is 4.74 Å². The van der Waals surface area contributed by atoms with Gasteiger partial charge in [-0.25, -0.2) is 4.98 Å². The summed E-state index contributed by atoms with van der Waals surface area (Å²) in [7, 11) is 3.05. The highest BCUT2D eigenvalue weighted by Gasteiger charge is 2.06. The van der Waals surface area contributed by atoms with Crippen LogP contribution >= 0.6 is 11.3 Å². The molecule has 0 fully saturated rings. The molecule has 1 aromatic rings. The van der Waals surface area contributed by atoms with Gasteiger partial charge in [-0.2, -0.15) is 0 Å². The van der Waals surface area contributed by atoms with Crippen LogP contribution in [0.5, 0.6) is 0 Å². The molecule has 0 spiro atoms. The maximum atomic E-state index is 11.0. The molecule has 0 aromatic carbocycles. The van der Waals surface area contributed by atoms with E-state index in [9.17, 15) is 4.79 Å². The van der Waals surface area contributed by atoms with Crippen LogP contribution in [0.25, 0.3) is 0 Å². The molecule has 5 nitrogen and oxygen atoms in total. The number of ether oxygens (including phenoxy) is 2. The molecule has 0 atom stereocenters. The average molecular weight is 244 g/mol. The predicted octanol–water partition coefficient (Wildman–Crippen LogP) is 1.31. The van der Waals surface area contributed by atoms with Crippen molar-refractivity contribution in [2.45, 2.75) is 12.8 Å². The third-order valence-electron chi connectivity index (χ3n) is 1.91. The van der Waals surface area contributed by atoms with Crippen LogP contribution in [0.1, 0.15) is 12.1 Å². The van der Waals surface area contributed by atoms with Gasteiger partial charge in [-0.3, -0.25) is 4.79 Å². The minimum Gasteiger partial charge on any atom is -0.469 e. The summed E-state index contributed by atoms with van der Waals surface area (Å²) in [5.41, 5.74) is 0.742. The number of anilines is 1. The van der Waals surface area contributed by atoms with Crippen LogP contribution in [0.15, 0.2) is 5.38 Å². The fourth-order valence-corrected chi connectivity index (χ4v) is 1.84. The van der Waals surface area contributed by atoms with Crippen molar-refractivity contribution in [3.05, 3.63) is 11.1 Å². The Labute approximate surface area is 98.8 Å². The first-order chi connectivity index (χ1) is 7.76. The van der Waals surface area contributed by atoms with Gasteiger partial charge in [0.15, 0.2) is 5.13 Å². The molecule has 0 aliphatic carbocycles. The summed E-state index contributed by atoms with van der Waals surface area (Å²) >= 11 is 1.49. The summed E-state index contributed by atoms with van der Waals surface area (Å²) < 4.78 is 9.50. The highest BCUT2D eigenvalue weighted by molar-refractivity contribution is 7.13. The number of rotatable bonds is 7. The van der Waals surface area contributed by atoms with E-state index in [0.29, 0.717) is 0 Å². The number of methoxy groups -OCH3 is 2. The summed E-state index contributed by atoms with van der Waals surface area (Å²) in [4.78, 5) is 15.3. The minimum atomic E-state index is -0.267. The number of thiazole rings is 1. The molecular weight excluding hydrogens is 228 g/mol. The Balaban J connectivity index is 2.30. The Morgan fingerprint density at radius 3 is 3.06 bits per heavy atom. The van der Waals surface area contributed by atoms with Gasteiger partial charge in [0.05, 0.1) is 19.2 Å². The Kier molecular flexibility index (Phi) is 5.81. The molecule has 0 saturated carbocycles. The smallest absolute Gasteiger partial charge is 0.311 e. The van der Waals surface area contributed by atoms with Crippen molar-refractivity contribution in [1.29, 1.82) is 0 Å². The number of hydrogen-bond donors (Lipinski definition) is 1. The quantitative estimate of drug-likeness (QED) is 0.579. The second-order valence-corrected chi connectivity index (χ2v) is 4.03. The standard InChI is InChI=1S/C10H16N2O3S/c1-14-5-3-4-11-10-12-8(7-16-10)6-9(13)15-2/h7H,3-6H2,1-2H3,(H,11,12). The SMILES string of the molecule is COCCCNc1nc(CC(=O)OC)cs1. The molecule has 0 bridgehead atoms. The van der Waals surface area contributed by atoms with Crippen molar-refractivity contribution in [2.75, 3.05) is 32.7 Å². The second-order valence-electron chi connectivity index (χ2n) is 3.17. The van der Waals surface area contributed by atoms with Crippen LogP contribution in [0, 0.1) is 0 Å². The summed E-state index contributed by atoms with van der Waals surface area (Å²) in [6.07, 6.45) is 1.16. The lowest BCUT2D eigenvalue weighted by Gasteiger charge is -2.00. The molecule has 1 N–H and O–H groups in total. The molecule has 0 amide bonds. The molecule has 0 aliphatic heterocycles. The van der Waals surface area contributed by atoms with E-state index in [2.05, 4.69) is 15.0 Å². The Morgan fingerprint density at radius 1 is 1.56 bits per heavy atom. The van der Waals surface area contributed by atoms with Gasteiger partial charge in [-0.05, 0) is 6.42 Å². The van der Waals surface area contributed by atoms with Crippen molar-refractivity contribution in [3.8, 4) is 0 Å². The highest BCUT2D eigenvalue weighted by Crippen LogP contribution is 2.15. The van der Waals surface area contributed by atoms with Crippen LogP contribution in [0.2, 0.25) is 0 Å². The first-order valence-corrected chi connectivity index (χ1v) is 5.88. The molecule has 6 heteroatoms. The predicted molar refractivity (Wildman–Crippen MR) is 62.8 cm³/mol. The van der Waals surface area contributed by atoms with Crippen molar-refractivity contribution in [1.82, 2.24) is 4.98 Å². The number of nitrogens with zero attached hydrogens (tertiary/aromatic N) is 1. The number of hydrogen-bond acceptors (Lipinski definition) is 6. The first-order valence-electron chi connectivity index (χ1n) is 5.00. The summed E-state index contributed by atoms with van der Waals surface area (Å²) in [6, 6.07) is 0. The normalized spacial score (nSPS) is 10.1. The van der Waals surface area contributed by atoms with Crippen molar-refractivity contribution >= 4 is 22.4 Å². The lowest BCUT2D eigenvalue weighted by Crippen LogP contribution is -2.06. The molecule has 0 radical (unpaired) electrons. The van der Waals surface area contributed by atoms with Crippen LogP contribution in [0.4, 0.5) is 5.13 Å². The third-order valence-corrected chi connectivity index (χ3v) is 2.76. The monoisotopic (exact) mass is 244 g/mol. The maximum absolute atomic E-state index is 11.0. The number of esters is 1. The van der Waals surface area contributed by atoms with Crippen molar-refractivity contribution in [2.24, 2.45) is 0 Å². The zero-order chi connectivity index (χ0) is 11.8. The van der Waals surface area contributed by atoms with Gasteiger partial charge < -0.3 is 14.8 Å². The van der Waals surface area contributed by atoms with E-state index in [0.717, 1.165) is 30.4 Å². The molecule has 0 aliphatic rings. The van der Waals surface area contributed by atoms with E-state index >= 15 is 0 Å². The van der Waals surface area contributed by atoms with E-state index in [1.54, 1.807) is 7.11 Å². The zero-order valence-electron chi connectivity index (χ0n) is 9.49. The Bertz CT molecular complexity index is 328. The molecule has 0 unspecified atom stereocenters. The molecule has 1 heterocycles. The van der Waals surface area contributed by atoms with Crippen LogP contribution in [-0.4, -0.2) is 38.3 Å². The van der Waals surface area contributed by atoms with Gasteiger partial charge in [0.25, 0.3) is 0 Å². The van der Waals surface area contributed by atoms with Crippen LogP contribution in [-0.2, 0) is 20.7 Å². The van der Waals surface area contributed by atoms with Gasteiger partial charge in [-0.15, -0.1) is 11.3 Å². The lowest BCUT2D eigenvalue weighted by molar-refractivity contribution is -0.139. The van der Waals surface area contributed by atoms with Crippen LogP contribution < -0.4 is 5.32 Å². The molecule has 1 rings (SSSR count). The zero-order valence-corrected chi connectivity index (χ0v) is 10.3. The summed E-state index contributed by atoms with van der Waals surface area (Å²) in [5.74, 6) is -0.267. The molecule has 90 valence electrons. The van der Waals surface area contributed by atoms with Gasteiger partial charge in [-0.1, -0.05) is 0 Å². The van der Waals surface area contributed by atoms with Gasteiger partial charge >= 0.3 is 5.97 Å². The average Bonchev–Trinajstić information content (AvgIpc) is 2.72. The fraction of sp³-hybridized carbons (Fsp3) is 0.600. The molecule has 16 heavy (non-hydrogen) atoms. The van der Waals surface area contributed by atoms with E-state index in [1.807, 2.05) is 5.38 Å². The molecule has 0 saturated heterocycles. The number of carbonyl (C=O) groups excluding carboxylic acids is 1. The fourth-order valence-electron chi connectivity index (χ4n) is 1.10. The summed E-state index contributed by atoms with van der Waals surface area (Å²) in [6.45, 7) is 1.55. The van der Waals surface area contributed by atoms with Crippen molar-refractivity contribution in [3.63, 3.8) is 0 Å². The van der Waals surface area contributed by atoms with Gasteiger partial charge in [0, 0.05) is 25.6 Å².